The lowest BCUT2D eigenvalue weighted by Gasteiger charge is -2.37. The second-order valence-corrected chi connectivity index (χ2v) is 10.7. The van der Waals surface area contributed by atoms with Crippen molar-refractivity contribution in [1.29, 1.82) is 0 Å². The quantitative estimate of drug-likeness (QED) is 0.208. The van der Waals surface area contributed by atoms with Crippen LogP contribution >= 0.6 is 0 Å². The number of alkyl halides is 1. The largest absolute Gasteiger partial charge is 0.469 e. The molecule has 1 saturated heterocycles. The van der Waals surface area contributed by atoms with Gasteiger partial charge in [-0.05, 0) is 67.7 Å². The molecule has 2 aromatic carbocycles. The Labute approximate surface area is 231 Å². The molecule has 0 amide bonds. The SMILES string of the molecule is COC(=O)C1CCC(OC(F)(C(=O)Cc2ccc3nc(-c4nccc5ccccc45)oc3c2)N2CCCC2)CC1. The fourth-order valence-electron chi connectivity index (χ4n) is 5.89. The van der Waals surface area contributed by atoms with Crippen LogP contribution in [0.5, 0.6) is 0 Å². The Bertz CT molecular complexity index is 1540. The number of carbonyl (C=O) groups excluding carboxylic acids is 2. The van der Waals surface area contributed by atoms with Crippen LogP contribution in [0.2, 0.25) is 0 Å². The maximum atomic E-state index is 16.6. The Morgan fingerprint density at radius 1 is 1.07 bits per heavy atom. The molecule has 1 aliphatic heterocycles. The van der Waals surface area contributed by atoms with Crippen LogP contribution in [0, 0.1) is 5.92 Å². The molecule has 40 heavy (non-hydrogen) atoms. The van der Waals surface area contributed by atoms with E-state index < -0.39 is 17.9 Å². The Morgan fingerprint density at radius 2 is 1.85 bits per heavy atom. The zero-order valence-electron chi connectivity index (χ0n) is 22.5. The fourth-order valence-corrected chi connectivity index (χ4v) is 5.89. The number of Topliss-reactive ketones (excluding diaryl/α,β-unsaturated/α-hetero) is 1. The first-order valence-corrected chi connectivity index (χ1v) is 13.9. The number of aromatic nitrogens is 2. The zero-order chi connectivity index (χ0) is 27.7. The second-order valence-electron chi connectivity index (χ2n) is 10.7. The number of nitrogens with zero attached hydrogens (tertiary/aromatic N) is 3. The lowest BCUT2D eigenvalue weighted by molar-refractivity contribution is -0.252. The Morgan fingerprint density at radius 3 is 2.62 bits per heavy atom. The number of likely N-dealkylation sites (tertiary alicyclic amines) is 1. The van der Waals surface area contributed by atoms with Crippen LogP contribution in [0.25, 0.3) is 33.5 Å². The number of rotatable bonds is 8. The molecule has 0 bridgehead atoms. The first-order chi connectivity index (χ1) is 19.4. The number of pyridine rings is 1. The maximum absolute atomic E-state index is 16.6. The minimum Gasteiger partial charge on any atom is -0.469 e. The number of methoxy groups -OCH3 is 1. The highest BCUT2D eigenvalue weighted by molar-refractivity contribution is 5.94. The van der Waals surface area contributed by atoms with Crippen molar-refractivity contribution in [3.63, 3.8) is 0 Å². The van der Waals surface area contributed by atoms with Crippen molar-refractivity contribution in [2.45, 2.75) is 57.0 Å². The maximum Gasteiger partial charge on any atom is 0.330 e. The monoisotopic (exact) mass is 545 g/mol. The van der Waals surface area contributed by atoms with Crippen molar-refractivity contribution in [3.05, 3.63) is 60.3 Å². The van der Waals surface area contributed by atoms with Crippen molar-refractivity contribution in [2.75, 3.05) is 20.2 Å². The van der Waals surface area contributed by atoms with Gasteiger partial charge in [-0.25, -0.2) is 9.88 Å². The van der Waals surface area contributed by atoms with E-state index in [4.69, 9.17) is 13.9 Å². The molecule has 2 fully saturated rings. The summed E-state index contributed by atoms with van der Waals surface area (Å²) in [6, 6.07) is 15.1. The number of ether oxygens (including phenoxy) is 2. The van der Waals surface area contributed by atoms with Gasteiger partial charge in [0.1, 0.15) is 11.2 Å². The smallest absolute Gasteiger partial charge is 0.330 e. The van der Waals surface area contributed by atoms with E-state index >= 15 is 4.39 Å². The number of oxazole rings is 1. The zero-order valence-corrected chi connectivity index (χ0v) is 22.5. The summed E-state index contributed by atoms with van der Waals surface area (Å²) >= 11 is 0. The summed E-state index contributed by atoms with van der Waals surface area (Å²) in [5.74, 6) is -3.22. The molecule has 1 saturated carbocycles. The molecular formula is C31H32FN3O5. The van der Waals surface area contributed by atoms with Crippen LogP contribution < -0.4 is 0 Å². The van der Waals surface area contributed by atoms with Gasteiger partial charge in [0.25, 0.3) is 0 Å². The summed E-state index contributed by atoms with van der Waals surface area (Å²) in [5.41, 5.74) is 2.39. The number of carbonyl (C=O) groups is 2. The summed E-state index contributed by atoms with van der Waals surface area (Å²) < 4.78 is 33.5. The van der Waals surface area contributed by atoms with Crippen molar-refractivity contribution in [1.82, 2.24) is 14.9 Å². The van der Waals surface area contributed by atoms with Crippen molar-refractivity contribution in [2.24, 2.45) is 5.92 Å². The predicted molar refractivity (Wildman–Crippen MR) is 147 cm³/mol. The summed E-state index contributed by atoms with van der Waals surface area (Å²) in [7, 11) is 1.38. The molecule has 9 heteroatoms. The number of hydrogen-bond acceptors (Lipinski definition) is 8. The van der Waals surface area contributed by atoms with Crippen molar-refractivity contribution >= 4 is 33.6 Å². The number of esters is 1. The van der Waals surface area contributed by atoms with Crippen molar-refractivity contribution < 1.29 is 27.9 Å². The van der Waals surface area contributed by atoms with Crippen molar-refractivity contribution in [3.8, 4) is 11.6 Å². The summed E-state index contributed by atoms with van der Waals surface area (Å²) in [4.78, 5) is 36.1. The van der Waals surface area contributed by atoms with E-state index in [1.807, 2.05) is 30.3 Å². The van der Waals surface area contributed by atoms with Gasteiger partial charge >= 0.3 is 11.9 Å². The van der Waals surface area contributed by atoms with E-state index in [1.165, 1.54) is 12.0 Å². The number of benzene rings is 2. The van der Waals surface area contributed by atoms with Gasteiger partial charge in [-0.3, -0.25) is 14.6 Å². The predicted octanol–water partition coefficient (Wildman–Crippen LogP) is 5.62. The minimum absolute atomic E-state index is 0.150. The highest BCUT2D eigenvalue weighted by atomic mass is 19.2. The van der Waals surface area contributed by atoms with E-state index in [-0.39, 0.29) is 18.3 Å². The molecule has 2 aromatic heterocycles. The van der Waals surface area contributed by atoms with Crippen LogP contribution in [0.3, 0.4) is 0 Å². The van der Waals surface area contributed by atoms with Gasteiger partial charge in [-0.1, -0.05) is 30.3 Å². The van der Waals surface area contributed by atoms with Crippen LogP contribution in [0.15, 0.2) is 59.1 Å². The van der Waals surface area contributed by atoms with Gasteiger partial charge in [0, 0.05) is 31.1 Å². The van der Waals surface area contributed by atoms with Gasteiger partial charge in [-0.2, -0.15) is 4.39 Å². The fraction of sp³-hybridized carbons (Fsp3) is 0.419. The topological polar surface area (TPSA) is 94.8 Å². The van der Waals surface area contributed by atoms with Crippen LogP contribution in [0.1, 0.15) is 44.1 Å². The van der Waals surface area contributed by atoms with Gasteiger partial charge in [-0.15, -0.1) is 0 Å². The van der Waals surface area contributed by atoms with Gasteiger partial charge in [0.2, 0.25) is 11.7 Å². The number of ketones is 1. The minimum atomic E-state index is -2.52. The lowest BCUT2D eigenvalue weighted by Crippen LogP contribution is -2.54. The molecule has 0 radical (unpaired) electrons. The third kappa shape index (κ3) is 5.11. The van der Waals surface area contributed by atoms with Crippen LogP contribution in [0.4, 0.5) is 4.39 Å². The average Bonchev–Trinajstić information content (AvgIpc) is 3.67. The van der Waals surface area contributed by atoms with Crippen LogP contribution in [-0.4, -0.2) is 58.9 Å². The van der Waals surface area contributed by atoms with E-state index in [1.54, 1.807) is 24.4 Å². The second kappa shape index (κ2) is 11.1. The van der Waals surface area contributed by atoms with E-state index in [9.17, 15) is 9.59 Å². The molecule has 8 nitrogen and oxygen atoms in total. The molecule has 1 atom stereocenters. The first kappa shape index (κ1) is 26.5. The van der Waals surface area contributed by atoms with Gasteiger partial charge < -0.3 is 13.9 Å². The number of hydrogen-bond donors (Lipinski definition) is 0. The Kier molecular flexibility index (Phi) is 7.33. The van der Waals surface area contributed by atoms with Crippen LogP contribution in [-0.2, 0) is 25.5 Å². The molecule has 0 spiro atoms. The molecule has 4 aromatic rings. The Balaban J connectivity index is 1.22. The first-order valence-electron chi connectivity index (χ1n) is 13.9. The van der Waals surface area contributed by atoms with E-state index in [0.717, 1.165) is 23.6 Å². The highest BCUT2D eigenvalue weighted by Gasteiger charge is 2.48. The van der Waals surface area contributed by atoms with E-state index in [2.05, 4.69) is 9.97 Å². The molecule has 3 heterocycles. The lowest BCUT2D eigenvalue weighted by atomic mass is 9.87. The molecule has 1 aliphatic carbocycles. The number of fused-ring (bicyclic) bond motifs is 2. The standard InChI is InChI=1S/C31H32FN3O5/c1-38-30(37)22-9-11-23(12-10-22)40-31(32,35-16-4-5-17-35)27(36)19-20-8-13-25-26(18-20)39-29(34-25)28-24-7-3-2-6-21(24)14-15-33-28/h2-3,6-8,13-15,18,22-23H,4-5,9-12,16-17,19H2,1H3. The molecular weight excluding hydrogens is 513 g/mol. The normalized spacial score (nSPS) is 21.4. The molecule has 6 rings (SSSR count). The molecule has 0 N–H and O–H groups in total. The summed E-state index contributed by atoms with van der Waals surface area (Å²) in [6.07, 6.45) is 4.86. The third-order valence-electron chi connectivity index (χ3n) is 8.08. The third-order valence-corrected chi connectivity index (χ3v) is 8.08. The molecule has 208 valence electrons. The molecule has 1 unspecified atom stereocenters. The average molecular weight is 546 g/mol. The van der Waals surface area contributed by atoms with Gasteiger partial charge in [0.05, 0.1) is 19.1 Å². The van der Waals surface area contributed by atoms with Gasteiger partial charge in [0.15, 0.2) is 5.58 Å². The number of halogens is 1. The van der Waals surface area contributed by atoms with E-state index in [0.29, 0.717) is 67.0 Å². The summed E-state index contributed by atoms with van der Waals surface area (Å²) in [6.45, 7) is 0.921. The summed E-state index contributed by atoms with van der Waals surface area (Å²) in [5, 5.41) is 1.96. The Hall–Kier alpha value is -3.69. The molecule has 2 aliphatic rings. The highest BCUT2D eigenvalue weighted by Crippen LogP contribution is 2.35.